The topological polar surface area (TPSA) is 75.3 Å². The van der Waals surface area contributed by atoms with E-state index in [0.29, 0.717) is 11.1 Å². The van der Waals surface area contributed by atoms with Crippen LogP contribution in [-0.2, 0) is 21.8 Å². The minimum Gasteiger partial charge on any atom is -0.308 e. The first kappa shape index (κ1) is 22.4. The maximum atomic E-state index is 12.8. The molecule has 0 radical (unpaired) electrons. The van der Waals surface area contributed by atoms with E-state index < -0.39 is 27.6 Å². The van der Waals surface area contributed by atoms with Gasteiger partial charge in [-0.25, -0.2) is 13.2 Å². The highest BCUT2D eigenvalue weighted by atomic mass is 32.2. The van der Waals surface area contributed by atoms with Gasteiger partial charge in [0.2, 0.25) is 0 Å². The van der Waals surface area contributed by atoms with Gasteiger partial charge in [-0.1, -0.05) is 42.5 Å². The average molecular weight is 448 g/mol. The van der Waals surface area contributed by atoms with Gasteiger partial charge in [0.15, 0.2) is 9.84 Å². The highest BCUT2D eigenvalue weighted by Crippen LogP contribution is 2.30. The summed E-state index contributed by atoms with van der Waals surface area (Å²) in [5.41, 5.74) is 0.398. The maximum absolute atomic E-state index is 12.8. The number of halogens is 3. The van der Waals surface area contributed by atoms with Crippen LogP contribution < -0.4 is 10.6 Å². The summed E-state index contributed by atoms with van der Waals surface area (Å²) < 4.78 is 64.1. The van der Waals surface area contributed by atoms with Crippen molar-refractivity contribution in [2.24, 2.45) is 0 Å². The standard InChI is InChI=1S/C22H19F3N2O3S/c1-15-10-11-19(13-20(15)31(29,30)14-16-6-3-2-4-7-16)27-21(28)26-18-9-5-8-17(12-18)22(23,24)25/h2-13H,14H2,1H3,(H2,26,27,28). The van der Waals surface area contributed by atoms with Gasteiger partial charge in [0.1, 0.15) is 0 Å². The number of alkyl halides is 3. The molecule has 0 spiro atoms. The summed E-state index contributed by atoms with van der Waals surface area (Å²) >= 11 is 0. The second kappa shape index (κ2) is 8.81. The summed E-state index contributed by atoms with van der Waals surface area (Å²) in [5.74, 6) is -0.200. The predicted octanol–water partition coefficient (Wildman–Crippen LogP) is 5.63. The molecule has 3 aromatic carbocycles. The second-order valence-electron chi connectivity index (χ2n) is 6.88. The van der Waals surface area contributed by atoms with E-state index in [-0.39, 0.29) is 22.0 Å². The molecule has 5 nitrogen and oxygen atoms in total. The quantitative estimate of drug-likeness (QED) is 0.531. The monoisotopic (exact) mass is 448 g/mol. The highest BCUT2D eigenvalue weighted by molar-refractivity contribution is 7.90. The fourth-order valence-corrected chi connectivity index (χ4v) is 4.60. The molecule has 0 aromatic heterocycles. The minimum absolute atomic E-state index is 0.0450. The van der Waals surface area contributed by atoms with Crippen molar-refractivity contribution in [2.75, 3.05) is 10.6 Å². The Morgan fingerprint density at radius 1 is 0.871 bits per heavy atom. The van der Waals surface area contributed by atoms with E-state index in [4.69, 9.17) is 0 Å². The number of anilines is 2. The van der Waals surface area contributed by atoms with Crippen molar-refractivity contribution in [3.63, 3.8) is 0 Å². The van der Waals surface area contributed by atoms with E-state index >= 15 is 0 Å². The summed E-state index contributed by atoms with van der Waals surface area (Å²) in [6.07, 6.45) is -4.53. The molecule has 3 rings (SSSR count). The number of sulfone groups is 1. The SMILES string of the molecule is Cc1ccc(NC(=O)Nc2cccc(C(F)(F)F)c2)cc1S(=O)(=O)Cc1ccccc1. The number of hydrogen-bond donors (Lipinski definition) is 2. The smallest absolute Gasteiger partial charge is 0.308 e. The van der Waals surface area contributed by atoms with Gasteiger partial charge in [-0.2, -0.15) is 13.2 Å². The van der Waals surface area contributed by atoms with E-state index in [1.54, 1.807) is 43.3 Å². The normalized spacial score (nSPS) is 11.7. The molecular weight excluding hydrogens is 429 g/mol. The molecule has 0 fully saturated rings. The van der Waals surface area contributed by atoms with Gasteiger partial charge in [-0.3, -0.25) is 0 Å². The molecule has 0 aliphatic heterocycles. The molecule has 31 heavy (non-hydrogen) atoms. The van der Waals surface area contributed by atoms with Crippen molar-refractivity contribution in [3.8, 4) is 0 Å². The third-order valence-corrected chi connectivity index (χ3v) is 6.25. The van der Waals surface area contributed by atoms with Crippen molar-refractivity contribution in [1.29, 1.82) is 0 Å². The predicted molar refractivity (Wildman–Crippen MR) is 113 cm³/mol. The lowest BCUT2D eigenvalue weighted by atomic mass is 10.2. The van der Waals surface area contributed by atoms with Crippen LogP contribution in [0.5, 0.6) is 0 Å². The van der Waals surface area contributed by atoms with Crippen LogP contribution in [0.3, 0.4) is 0 Å². The van der Waals surface area contributed by atoms with E-state index in [1.807, 2.05) is 0 Å². The lowest BCUT2D eigenvalue weighted by Gasteiger charge is -2.13. The van der Waals surface area contributed by atoms with Gasteiger partial charge >= 0.3 is 12.2 Å². The number of urea groups is 1. The number of carbonyl (C=O) groups excluding carboxylic acids is 1. The molecule has 0 saturated heterocycles. The number of rotatable bonds is 5. The average Bonchev–Trinajstić information content (AvgIpc) is 2.69. The summed E-state index contributed by atoms with van der Waals surface area (Å²) in [5, 5.41) is 4.77. The lowest BCUT2D eigenvalue weighted by Crippen LogP contribution is -2.20. The Kier molecular flexibility index (Phi) is 6.35. The minimum atomic E-state index is -4.53. The Hall–Kier alpha value is -3.33. The number of hydrogen-bond acceptors (Lipinski definition) is 3. The Bertz CT molecular complexity index is 1190. The van der Waals surface area contributed by atoms with E-state index in [9.17, 15) is 26.4 Å². The first-order valence-electron chi connectivity index (χ1n) is 9.17. The van der Waals surface area contributed by atoms with Gasteiger partial charge in [0.25, 0.3) is 0 Å². The van der Waals surface area contributed by atoms with Crippen molar-refractivity contribution in [1.82, 2.24) is 0 Å². The molecule has 2 N–H and O–H groups in total. The molecule has 3 aromatic rings. The molecule has 0 bridgehead atoms. The fraction of sp³-hybridized carbons (Fsp3) is 0.136. The van der Waals surface area contributed by atoms with Crippen LogP contribution in [0.4, 0.5) is 29.3 Å². The molecule has 2 amide bonds. The summed E-state index contributed by atoms with van der Waals surface area (Å²) in [7, 11) is -3.68. The molecule has 0 heterocycles. The van der Waals surface area contributed by atoms with Gasteiger partial charge in [0, 0.05) is 11.4 Å². The van der Waals surface area contributed by atoms with Crippen molar-refractivity contribution >= 4 is 27.2 Å². The number of amides is 2. The Labute approximate surface area is 177 Å². The van der Waals surface area contributed by atoms with Crippen LogP contribution in [0.15, 0.2) is 77.7 Å². The first-order chi connectivity index (χ1) is 14.5. The molecule has 0 atom stereocenters. The van der Waals surface area contributed by atoms with Crippen LogP contribution in [-0.4, -0.2) is 14.4 Å². The van der Waals surface area contributed by atoms with Crippen molar-refractivity contribution in [2.45, 2.75) is 23.7 Å². The zero-order valence-electron chi connectivity index (χ0n) is 16.4. The molecule has 0 saturated carbocycles. The largest absolute Gasteiger partial charge is 0.416 e. The third-order valence-electron chi connectivity index (χ3n) is 4.43. The van der Waals surface area contributed by atoms with Crippen LogP contribution in [0.2, 0.25) is 0 Å². The molecule has 0 unspecified atom stereocenters. The van der Waals surface area contributed by atoms with Crippen LogP contribution in [0.1, 0.15) is 16.7 Å². The van der Waals surface area contributed by atoms with Crippen LogP contribution in [0, 0.1) is 6.92 Å². The van der Waals surface area contributed by atoms with Crippen LogP contribution >= 0.6 is 0 Å². The van der Waals surface area contributed by atoms with Gasteiger partial charge in [-0.05, 0) is 48.4 Å². The fourth-order valence-electron chi connectivity index (χ4n) is 2.95. The third kappa shape index (κ3) is 5.85. The van der Waals surface area contributed by atoms with E-state index in [2.05, 4.69) is 10.6 Å². The molecular formula is C22H19F3N2O3S. The van der Waals surface area contributed by atoms with E-state index in [1.165, 1.54) is 24.3 Å². The molecule has 0 aliphatic rings. The van der Waals surface area contributed by atoms with Crippen molar-refractivity contribution in [3.05, 3.63) is 89.5 Å². The maximum Gasteiger partial charge on any atom is 0.416 e. The number of aryl methyl sites for hydroxylation is 1. The molecule has 9 heteroatoms. The Morgan fingerprint density at radius 2 is 1.52 bits per heavy atom. The number of benzene rings is 3. The Morgan fingerprint density at radius 3 is 2.16 bits per heavy atom. The van der Waals surface area contributed by atoms with Gasteiger partial charge in [0.05, 0.1) is 16.2 Å². The second-order valence-corrected chi connectivity index (χ2v) is 8.84. The number of nitrogens with one attached hydrogen (secondary N) is 2. The van der Waals surface area contributed by atoms with Gasteiger partial charge < -0.3 is 10.6 Å². The molecule has 0 aliphatic carbocycles. The Balaban J connectivity index is 1.77. The summed E-state index contributed by atoms with van der Waals surface area (Å²) in [6.45, 7) is 1.64. The van der Waals surface area contributed by atoms with E-state index in [0.717, 1.165) is 12.1 Å². The lowest BCUT2D eigenvalue weighted by molar-refractivity contribution is -0.137. The number of carbonyl (C=O) groups is 1. The summed E-state index contributed by atoms with van der Waals surface area (Å²) in [6, 6.07) is 16.5. The highest BCUT2D eigenvalue weighted by Gasteiger charge is 2.30. The van der Waals surface area contributed by atoms with Gasteiger partial charge in [-0.15, -0.1) is 0 Å². The van der Waals surface area contributed by atoms with Crippen molar-refractivity contribution < 1.29 is 26.4 Å². The summed E-state index contributed by atoms with van der Waals surface area (Å²) in [4.78, 5) is 12.3. The zero-order valence-corrected chi connectivity index (χ0v) is 17.2. The van der Waals surface area contributed by atoms with Crippen LogP contribution in [0.25, 0.3) is 0 Å². The first-order valence-corrected chi connectivity index (χ1v) is 10.8. The zero-order chi connectivity index (χ0) is 22.6. The molecule has 162 valence electrons.